The van der Waals surface area contributed by atoms with Gasteiger partial charge in [-0.2, -0.15) is 0 Å². The van der Waals surface area contributed by atoms with Crippen LogP contribution in [0, 0.1) is 5.82 Å². The van der Waals surface area contributed by atoms with Gasteiger partial charge < -0.3 is 14.5 Å². The number of benzene rings is 2. The fourth-order valence-corrected chi connectivity index (χ4v) is 5.20. The van der Waals surface area contributed by atoms with E-state index in [-0.39, 0.29) is 49.2 Å². The van der Waals surface area contributed by atoms with E-state index >= 15 is 0 Å². The van der Waals surface area contributed by atoms with E-state index in [1.54, 1.807) is 39.3 Å². The van der Waals surface area contributed by atoms with E-state index in [4.69, 9.17) is 4.74 Å². The molecule has 0 spiro atoms. The maximum Gasteiger partial charge on any atom is 0.242 e. The highest BCUT2D eigenvalue weighted by molar-refractivity contribution is 7.10. The zero-order chi connectivity index (χ0) is 24.1. The molecule has 5 nitrogen and oxygen atoms in total. The Morgan fingerprint density at radius 3 is 2.59 bits per heavy atom. The summed E-state index contributed by atoms with van der Waals surface area (Å²) in [4.78, 5) is 31.2. The third kappa shape index (κ3) is 5.47. The van der Waals surface area contributed by atoms with E-state index in [0.29, 0.717) is 6.54 Å². The number of hydrogen-bond acceptors (Lipinski definition) is 4. The fourth-order valence-electron chi connectivity index (χ4n) is 4.27. The molecule has 1 aromatic heterocycles. The molecule has 1 aliphatic rings. The van der Waals surface area contributed by atoms with Crippen molar-refractivity contribution in [2.45, 2.75) is 38.8 Å². The fraction of sp³-hybridized carbons (Fsp3) is 0.333. The molecule has 0 aliphatic carbocycles. The third-order valence-corrected chi connectivity index (χ3v) is 7.09. The molecule has 0 unspecified atom stereocenters. The first-order chi connectivity index (χ1) is 16.4. The smallest absolute Gasteiger partial charge is 0.242 e. The number of para-hydroxylation sites is 1. The lowest BCUT2D eigenvalue weighted by atomic mass is 10.00. The van der Waals surface area contributed by atoms with Crippen LogP contribution < -0.4 is 4.74 Å². The summed E-state index contributed by atoms with van der Waals surface area (Å²) in [7, 11) is 0. The first-order valence-corrected chi connectivity index (χ1v) is 12.4. The predicted octanol–water partition coefficient (Wildman–Crippen LogP) is 4.87. The normalized spacial score (nSPS) is 15.2. The summed E-state index contributed by atoms with van der Waals surface area (Å²) in [6, 6.07) is 17.4. The van der Waals surface area contributed by atoms with Gasteiger partial charge in [0.2, 0.25) is 11.8 Å². The number of thiophene rings is 1. The van der Waals surface area contributed by atoms with Gasteiger partial charge in [-0.3, -0.25) is 9.59 Å². The standard InChI is InChI=1S/C27H29FN2O3S/c1-19(2)30(26(31)16-20-8-4-3-5-9-20)17-27(32)29-14-12-25-21(13-15-34-25)23(29)18-33-24-11-7-6-10-22(24)28/h3-11,13,15,19,23H,12,14,16-18H2,1-2H3/t23-/m1/s1. The molecule has 4 rings (SSSR count). The Balaban J connectivity index is 1.50. The van der Waals surface area contributed by atoms with E-state index in [9.17, 15) is 14.0 Å². The predicted molar refractivity (Wildman–Crippen MR) is 131 cm³/mol. The Labute approximate surface area is 203 Å². The maximum absolute atomic E-state index is 14.1. The van der Waals surface area contributed by atoms with Gasteiger partial charge in [-0.05, 0) is 55.0 Å². The SMILES string of the molecule is CC(C)N(CC(=O)N1CCc2sccc2[C@H]1COc1ccccc1F)C(=O)Cc1ccccc1. The highest BCUT2D eigenvalue weighted by atomic mass is 32.1. The van der Waals surface area contributed by atoms with Gasteiger partial charge in [-0.25, -0.2) is 4.39 Å². The van der Waals surface area contributed by atoms with Gasteiger partial charge in [0, 0.05) is 17.5 Å². The Bertz CT molecular complexity index is 1130. The molecule has 0 bridgehead atoms. The second kappa shape index (κ2) is 10.8. The van der Waals surface area contributed by atoms with Crippen molar-refractivity contribution in [2.75, 3.05) is 19.7 Å². The molecule has 2 amide bonds. The van der Waals surface area contributed by atoms with Gasteiger partial charge in [0.05, 0.1) is 12.5 Å². The third-order valence-electron chi connectivity index (χ3n) is 6.10. The minimum atomic E-state index is -0.431. The lowest BCUT2D eigenvalue weighted by Crippen LogP contribution is -2.49. The quantitative estimate of drug-likeness (QED) is 0.462. The number of halogens is 1. The highest BCUT2D eigenvalue weighted by Gasteiger charge is 2.34. The Kier molecular flexibility index (Phi) is 7.63. The van der Waals surface area contributed by atoms with Crippen molar-refractivity contribution in [1.82, 2.24) is 9.80 Å². The van der Waals surface area contributed by atoms with Crippen LogP contribution in [0.5, 0.6) is 5.75 Å². The second-order valence-corrected chi connectivity index (χ2v) is 9.67. The zero-order valence-corrected chi connectivity index (χ0v) is 20.3. The van der Waals surface area contributed by atoms with E-state index in [1.807, 2.05) is 55.6 Å². The van der Waals surface area contributed by atoms with Crippen molar-refractivity contribution in [3.8, 4) is 5.75 Å². The Hall–Kier alpha value is -3.19. The molecule has 34 heavy (non-hydrogen) atoms. The largest absolute Gasteiger partial charge is 0.488 e. The first kappa shape index (κ1) is 24.0. The minimum absolute atomic E-state index is 0.000990. The molecular weight excluding hydrogens is 451 g/mol. The van der Waals surface area contributed by atoms with Crippen LogP contribution in [0.3, 0.4) is 0 Å². The summed E-state index contributed by atoms with van der Waals surface area (Å²) < 4.78 is 19.9. The molecule has 7 heteroatoms. The van der Waals surface area contributed by atoms with Crippen LogP contribution in [-0.4, -0.2) is 47.4 Å². The highest BCUT2D eigenvalue weighted by Crippen LogP contribution is 2.34. The summed E-state index contributed by atoms with van der Waals surface area (Å²) in [5.74, 6) is -0.477. The summed E-state index contributed by atoms with van der Waals surface area (Å²) in [5.41, 5.74) is 1.95. The molecule has 0 saturated carbocycles. The van der Waals surface area contributed by atoms with Gasteiger partial charge in [-0.1, -0.05) is 42.5 Å². The van der Waals surface area contributed by atoms with E-state index in [0.717, 1.165) is 17.5 Å². The number of carbonyl (C=O) groups excluding carboxylic acids is 2. The molecule has 0 radical (unpaired) electrons. The second-order valence-electron chi connectivity index (χ2n) is 8.67. The summed E-state index contributed by atoms with van der Waals surface area (Å²) in [6.45, 7) is 4.52. The summed E-state index contributed by atoms with van der Waals surface area (Å²) in [5, 5.41) is 2.01. The summed E-state index contributed by atoms with van der Waals surface area (Å²) in [6.07, 6.45) is 1.01. The minimum Gasteiger partial charge on any atom is -0.488 e. The first-order valence-electron chi connectivity index (χ1n) is 11.5. The van der Waals surface area contributed by atoms with Crippen molar-refractivity contribution in [3.05, 3.63) is 87.9 Å². The van der Waals surface area contributed by atoms with Crippen molar-refractivity contribution < 1.29 is 18.7 Å². The average Bonchev–Trinajstić information content (AvgIpc) is 3.31. The van der Waals surface area contributed by atoms with Crippen molar-refractivity contribution in [1.29, 1.82) is 0 Å². The number of rotatable bonds is 8. The van der Waals surface area contributed by atoms with Crippen LogP contribution in [0.2, 0.25) is 0 Å². The zero-order valence-electron chi connectivity index (χ0n) is 19.4. The number of hydrogen-bond donors (Lipinski definition) is 0. The van der Waals surface area contributed by atoms with Crippen molar-refractivity contribution in [2.24, 2.45) is 0 Å². The summed E-state index contributed by atoms with van der Waals surface area (Å²) >= 11 is 1.66. The Morgan fingerprint density at radius 2 is 1.85 bits per heavy atom. The molecule has 0 N–H and O–H groups in total. The number of carbonyl (C=O) groups is 2. The number of fused-ring (bicyclic) bond motifs is 1. The Morgan fingerprint density at radius 1 is 1.12 bits per heavy atom. The van der Waals surface area contributed by atoms with Crippen LogP contribution in [0.25, 0.3) is 0 Å². The number of nitrogens with zero attached hydrogens (tertiary/aromatic N) is 2. The van der Waals surface area contributed by atoms with Crippen LogP contribution in [0.15, 0.2) is 66.0 Å². The maximum atomic E-state index is 14.1. The molecule has 178 valence electrons. The molecule has 0 saturated heterocycles. The van der Waals surface area contributed by atoms with Gasteiger partial charge in [0.25, 0.3) is 0 Å². The van der Waals surface area contributed by atoms with E-state index in [1.165, 1.54) is 10.9 Å². The van der Waals surface area contributed by atoms with Crippen LogP contribution in [-0.2, 0) is 22.4 Å². The van der Waals surface area contributed by atoms with Gasteiger partial charge in [-0.15, -0.1) is 11.3 Å². The lowest BCUT2D eigenvalue weighted by Gasteiger charge is -2.37. The molecule has 2 heterocycles. The number of amides is 2. The molecule has 2 aromatic carbocycles. The molecule has 1 atom stereocenters. The molecule has 0 fully saturated rings. The molecule has 1 aliphatic heterocycles. The van der Waals surface area contributed by atoms with Gasteiger partial charge >= 0.3 is 0 Å². The van der Waals surface area contributed by atoms with E-state index < -0.39 is 5.82 Å². The van der Waals surface area contributed by atoms with Gasteiger partial charge in [0.1, 0.15) is 13.2 Å². The molecular formula is C27H29FN2O3S. The topological polar surface area (TPSA) is 49.9 Å². The van der Waals surface area contributed by atoms with Crippen molar-refractivity contribution in [3.63, 3.8) is 0 Å². The van der Waals surface area contributed by atoms with Crippen molar-refractivity contribution >= 4 is 23.2 Å². The lowest BCUT2D eigenvalue weighted by molar-refractivity contribution is -0.143. The van der Waals surface area contributed by atoms with Crippen LogP contribution >= 0.6 is 11.3 Å². The van der Waals surface area contributed by atoms with Gasteiger partial charge in [0.15, 0.2) is 11.6 Å². The number of ether oxygens (including phenoxy) is 1. The van der Waals surface area contributed by atoms with Crippen LogP contribution in [0.1, 0.15) is 35.9 Å². The monoisotopic (exact) mass is 480 g/mol. The van der Waals surface area contributed by atoms with Crippen LogP contribution in [0.4, 0.5) is 4.39 Å². The van der Waals surface area contributed by atoms with E-state index in [2.05, 4.69) is 0 Å². The molecule has 3 aromatic rings. The average molecular weight is 481 g/mol.